The number of alkyl halides is 3. The number of likely N-dealkylation sites (tertiary alicyclic amines) is 1. The Morgan fingerprint density at radius 1 is 1.06 bits per heavy atom. The zero-order chi connectivity index (χ0) is 24.8. The summed E-state index contributed by atoms with van der Waals surface area (Å²) in [6.45, 7) is 3.85. The minimum atomic E-state index is -5.14. The van der Waals surface area contributed by atoms with E-state index < -0.39 is 12.1 Å². The molecule has 1 aromatic carbocycles. The molecule has 2 fully saturated rings. The maximum absolute atomic E-state index is 12.9. The molecule has 184 valence electrons. The van der Waals surface area contributed by atoms with Gasteiger partial charge in [-0.05, 0) is 50.7 Å². The van der Waals surface area contributed by atoms with Gasteiger partial charge in [-0.3, -0.25) is 4.68 Å². The highest BCUT2D eigenvalue weighted by atomic mass is 19.4. The van der Waals surface area contributed by atoms with Crippen molar-refractivity contribution in [2.75, 3.05) is 38.1 Å². The number of ether oxygens (including phenoxy) is 1. The average Bonchev–Trinajstić information content (AvgIpc) is 3.24. The van der Waals surface area contributed by atoms with Crippen LogP contribution in [0.5, 0.6) is 5.75 Å². The second-order valence-electron chi connectivity index (χ2n) is 9.30. The molecule has 0 amide bonds. The van der Waals surface area contributed by atoms with Crippen molar-refractivity contribution in [3.8, 4) is 28.1 Å². The van der Waals surface area contributed by atoms with Gasteiger partial charge < -0.3 is 14.5 Å². The summed E-state index contributed by atoms with van der Waals surface area (Å²) >= 11 is 0. The molecule has 0 saturated carbocycles. The predicted octanol–water partition coefficient (Wildman–Crippen LogP) is 2.94. The van der Waals surface area contributed by atoms with Gasteiger partial charge in [0.1, 0.15) is 11.4 Å². The first-order valence-electron chi connectivity index (χ1n) is 11.2. The summed E-state index contributed by atoms with van der Waals surface area (Å²) < 4.78 is 45.0. The predicted molar refractivity (Wildman–Crippen MR) is 121 cm³/mol. The summed E-state index contributed by atoms with van der Waals surface area (Å²) in [6, 6.07) is 4.57. The van der Waals surface area contributed by atoms with Gasteiger partial charge in [0.15, 0.2) is 0 Å². The van der Waals surface area contributed by atoms with E-state index in [-0.39, 0.29) is 22.4 Å². The lowest BCUT2D eigenvalue weighted by Gasteiger charge is -2.53. The van der Waals surface area contributed by atoms with Crippen LogP contribution in [0.15, 0.2) is 36.8 Å². The van der Waals surface area contributed by atoms with Crippen LogP contribution in [-0.4, -0.2) is 75.2 Å². The number of carbonyl (C=O) groups is 1. The third kappa shape index (κ3) is 4.70. The van der Waals surface area contributed by atoms with E-state index in [9.17, 15) is 18.0 Å². The molecular formula is C23H24F3N7O2. The number of benzene rings is 1. The van der Waals surface area contributed by atoms with Crippen LogP contribution in [0.25, 0.3) is 22.4 Å². The Hall–Kier alpha value is -3.54. The van der Waals surface area contributed by atoms with Crippen molar-refractivity contribution in [3.05, 3.63) is 36.8 Å². The smallest absolute Gasteiger partial charge is 0.419 e. The number of aryl methyl sites for hydroxylation is 1. The number of hydrogen-bond donors (Lipinski definition) is 0. The van der Waals surface area contributed by atoms with Crippen molar-refractivity contribution in [3.63, 3.8) is 0 Å². The van der Waals surface area contributed by atoms with Crippen molar-refractivity contribution >= 4 is 11.9 Å². The van der Waals surface area contributed by atoms with Crippen LogP contribution in [-0.2, 0) is 11.8 Å². The van der Waals surface area contributed by atoms with E-state index in [0.29, 0.717) is 17.1 Å². The van der Waals surface area contributed by atoms with Crippen molar-refractivity contribution in [1.29, 1.82) is 0 Å². The molecule has 0 bridgehead atoms. The average molecular weight is 487 g/mol. The number of piperidine rings is 1. The van der Waals surface area contributed by atoms with Gasteiger partial charge in [0.05, 0.1) is 12.4 Å². The summed E-state index contributed by atoms with van der Waals surface area (Å²) in [5, 5.41) is 12.5. The number of halogens is 3. The Morgan fingerprint density at radius 2 is 1.80 bits per heavy atom. The molecule has 2 aliphatic heterocycles. The van der Waals surface area contributed by atoms with E-state index in [1.165, 1.54) is 18.3 Å². The van der Waals surface area contributed by atoms with Crippen molar-refractivity contribution < 1.29 is 22.7 Å². The van der Waals surface area contributed by atoms with E-state index in [1.54, 1.807) is 30.2 Å². The summed E-state index contributed by atoms with van der Waals surface area (Å²) in [7, 11) is 3.84. The lowest BCUT2D eigenvalue weighted by molar-refractivity contribution is -0.189. The zero-order valence-corrected chi connectivity index (χ0v) is 19.3. The van der Waals surface area contributed by atoms with Crippen LogP contribution < -0.4 is 9.64 Å². The number of anilines is 1. The van der Waals surface area contributed by atoms with Crippen LogP contribution in [0.3, 0.4) is 0 Å². The van der Waals surface area contributed by atoms with Gasteiger partial charge in [-0.25, -0.2) is 9.78 Å². The molecule has 12 heteroatoms. The lowest BCUT2D eigenvalue weighted by atomic mass is 9.72. The fourth-order valence-corrected chi connectivity index (χ4v) is 4.58. The van der Waals surface area contributed by atoms with Gasteiger partial charge in [0.25, 0.3) is 0 Å². The maximum Gasteiger partial charge on any atom is 0.491 e. The van der Waals surface area contributed by atoms with Crippen molar-refractivity contribution in [2.24, 2.45) is 12.5 Å². The molecule has 3 aromatic rings. The second kappa shape index (κ2) is 8.59. The largest absolute Gasteiger partial charge is 0.491 e. The molecule has 1 spiro atoms. The molecule has 0 aliphatic carbocycles. The molecule has 35 heavy (non-hydrogen) atoms. The standard InChI is InChI=1S/C23H24F3N7O2/c1-31-7-5-22(6-8-31)13-33(14-22)21-27-11-18(29-30-21)17-4-3-15(16-10-28-32(2)12-16)9-19(17)35-20(34)23(24,25)26/h3-4,9-12H,5-8,13-14H2,1-2H3. The lowest BCUT2D eigenvalue weighted by Crippen LogP contribution is -2.60. The second-order valence-corrected chi connectivity index (χ2v) is 9.30. The fourth-order valence-electron chi connectivity index (χ4n) is 4.58. The molecular weight excluding hydrogens is 463 g/mol. The summed E-state index contributed by atoms with van der Waals surface area (Å²) in [5.41, 5.74) is 1.86. The summed E-state index contributed by atoms with van der Waals surface area (Å²) in [4.78, 5) is 20.4. The van der Waals surface area contributed by atoms with Crippen LogP contribution in [0.1, 0.15) is 12.8 Å². The van der Waals surface area contributed by atoms with E-state index in [2.05, 4.69) is 37.1 Å². The first kappa shape index (κ1) is 23.2. The summed E-state index contributed by atoms with van der Waals surface area (Å²) in [6.07, 6.45) is 1.81. The van der Waals surface area contributed by atoms with Gasteiger partial charge >= 0.3 is 12.1 Å². The van der Waals surface area contributed by atoms with Crippen LogP contribution in [0.4, 0.5) is 19.1 Å². The molecule has 0 unspecified atom stereocenters. The first-order chi connectivity index (χ1) is 16.6. The Labute approximate surface area is 199 Å². The normalized spacial score (nSPS) is 17.9. The quantitative estimate of drug-likeness (QED) is 0.410. The molecule has 2 saturated heterocycles. The highest BCUT2D eigenvalue weighted by molar-refractivity contribution is 5.82. The van der Waals surface area contributed by atoms with Gasteiger partial charge in [-0.2, -0.15) is 18.3 Å². The zero-order valence-electron chi connectivity index (χ0n) is 19.3. The highest BCUT2D eigenvalue weighted by Crippen LogP contribution is 2.41. The molecule has 5 rings (SSSR count). The number of carbonyl (C=O) groups excluding carboxylic acids is 1. The van der Waals surface area contributed by atoms with Crippen molar-refractivity contribution in [2.45, 2.75) is 19.0 Å². The molecule has 4 heterocycles. The Kier molecular flexibility index (Phi) is 5.70. The van der Waals surface area contributed by atoms with Gasteiger partial charge in [-0.15, -0.1) is 10.2 Å². The van der Waals surface area contributed by atoms with Crippen LogP contribution >= 0.6 is 0 Å². The Balaban J connectivity index is 1.39. The van der Waals surface area contributed by atoms with E-state index in [1.807, 2.05) is 0 Å². The molecule has 2 aliphatic rings. The number of esters is 1. The fraction of sp³-hybridized carbons (Fsp3) is 0.435. The number of hydrogen-bond acceptors (Lipinski definition) is 8. The SMILES string of the molecule is CN1CCC2(CC1)CN(c1ncc(-c3ccc(-c4cnn(C)c4)cc3OC(=O)C(F)(F)F)nn1)C2. The molecule has 0 radical (unpaired) electrons. The third-order valence-corrected chi connectivity index (χ3v) is 6.66. The first-order valence-corrected chi connectivity index (χ1v) is 11.2. The topological polar surface area (TPSA) is 89.3 Å². The molecule has 2 aromatic heterocycles. The van der Waals surface area contributed by atoms with E-state index >= 15 is 0 Å². The number of nitrogens with zero attached hydrogens (tertiary/aromatic N) is 7. The minimum absolute atomic E-state index is 0.178. The molecule has 9 nitrogen and oxygen atoms in total. The maximum atomic E-state index is 12.9. The third-order valence-electron chi connectivity index (χ3n) is 6.66. The molecule has 0 atom stereocenters. The monoisotopic (exact) mass is 487 g/mol. The Morgan fingerprint density at radius 3 is 2.40 bits per heavy atom. The van der Waals surface area contributed by atoms with E-state index in [0.717, 1.165) is 39.0 Å². The Bertz CT molecular complexity index is 1230. The van der Waals surface area contributed by atoms with Gasteiger partial charge in [0.2, 0.25) is 5.95 Å². The molecule has 0 N–H and O–H groups in total. The van der Waals surface area contributed by atoms with Crippen molar-refractivity contribution in [1.82, 2.24) is 29.9 Å². The minimum Gasteiger partial charge on any atom is -0.419 e. The number of rotatable bonds is 4. The summed E-state index contributed by atoms with van der Waals surface area (Å²) in [5.74, 6) is -2.13. The number of aromatic nitrogens is 5. The van der Waals surface area contributed by atoms with Crippen LogP contribution in [0.2, 0.25) is 0 Å². The van der Waals surface area contributed by atoms with Gasteiger partial charge in [-0.1, -0.05) is 6.07 Å². The van der Waals surface area contributed by atoms with Gasteiger partial charge in [0, 0.05) is 42.9 Å². The van der Waals surface area contributed by atoms with E-state index in [4.69, 9.17) is 4.74 Å². The van der Waals surface area contributed by atoms with Crippen LogP contribution in [0, 0.1) is 5.41 Å². The highest BCUT2D eigenvalue weighted by Gasteiger charge is 2.45.